The highest BCUT2D eigenvalue weighted by atomic mass is 32.1. The minimum Gasteiger partial charge on any atom is -0.477 e. The number of fused-ring (bicyclic) bond motifs is 2. The van der Waals surface area contributed by atoms with E-state index in [0.29, 0.717) is 4.88 Å². The molecule has 0 unspecified atom stereocenters. The van der Waals surface area contributed by atoms with Crippen molar-refractivity contribution in [2.45, 2.75) is 0 Å². The Bertz CT molecular complexity index is 697. The third-order valence-electron chi connectivity index (χ3n) is 2.65. The van der Waals surface area contributed by atoms with Gasteiger partial charge in [-0.05, 0) is 45.1 Å². The summed E-state index contributed by atoms with van der Waals surface area (Å²) in [6.07, 6.45) is 0. The molecule has 0 fully saturated rings. The Morgan fingerprint density at radius 2 is 1.69 bits per heavy atom. The maximum Gasteiger partial charge on any atom is 0.345 e. The molecule has 0 atom stereocenters. The summed E-state index contributed by atoms with van der Waals surface area (Å²) >= 11 is 1.26. The smallest absolute Gasteiger partial charge is 0.345 e. The fourth-order valence-corrected chi connectivity index (χ4v) is 2.61. The minimum absolute atomic E-state index is 0.374. The van der Waals surface area contributed by atoms with E-state index >= 15 is 0 Å². The molecule has 0 aliphatic heterocycles. The Balaban J connectivity index is 2.37. The van der Waals surface area contributed by atoms with Gasteiger partial charge in [0, 0.05) is 0 Å². The molecule has 2 nitrogen and oxygen atoms in total. The van der Waals surface area contributed by atoms with E-state index in [2.05, 4.69) is 12.1 Å². The number of carboxylic acid groups (broad SMARTS) is 1. The first-order valence-corrected chi connectivity index (χ1v) is 5.76. The van der Waals surface area contributed by atoms with Crippen molar-refractivity contribution >= 4 is 38.9 Å². The van der Waals surface area contributed by atoms with Gasteiger partial charge >= 0.3 is 5.97 Å². The molecule has 0 bridgehead atoms. The summed E-state index contributed by atoms with van der Waals surface area (Å²) in [4.78, 5) is 11.2. The van der Waals surface area contributed by atoms with Gasteiger partial charge in [0.25, 0.3) is 0 Å². The van der Waals surface area contributed by atoms with Crippen LogP contribution in [0.5, 0.6) is 0 Å². The second kappa shape index (κ2) is 3.32. The molecule has 0 spiro atoms. The Morgan fingerprint density at radius 3 is 2.38 bits per heavy atom. The van der Waals surface area contributed by atoms with Crippen molar-refractivity contribution in [2.24, 2.45) is 0 Å². The van der Waals surface area contributed by atoms with Crippen LogP contribution in [0.2, 0.25) is 0 Å². The first-order valence-electron chi connectivity index (χ1n) is 4.88. The van der Waals surface area contributed by atoms with Gasteiger partial charge in [0.2, 0.25) is 0 Å². The van der Waals surface area contributed by atoms with Gasteiger partial charge in [0.15, 0.2) is 0 Å². The summed E-state index contributed by atoms with van der Waals surface area (Å²) in [5.41, 5.74) is 0. The molecule has 0 saturated heterocycles. The van der Waals surface area contributed by atoms with Crippen LogP contribution in [0.15, 0.2) is 41.8 Å². The third-order valence-corrected chi connectivity index (χ3v) is 3.57. The minimum atomic E-state index is -0.866. The highest BCUT2D eigenvalue weighted by Gasteiger charge is 2.05. The lowest BCUT2D eigenvalue weighted by Crippen LogP contribution is -1.92. The zero-order valence-electron chi connectivity index (χ0n) is 8.31. The average Bonchev–Trinajstić information content (AvgIpc) is 2.71. The van der Waals surface area contributed by atoms with E-state index in [9.17, 15) is 4.79 Å². The van der Waals surface area contributed by atoms with Crippen molar-refractivity contribution in [3.63, 3.8) is 0 Å². The summed E-state index contributed by atoms with van der Waals surface area (Å²) in [5.74, 6) is -0.866. The van der Waals surface area contributed by atoms with E-state index in [4.69, 9.17) is 5.11 Å². The van der Waals surface area contributed by atoms with Gasteiger partial charge in [0.1, 0.15) is 4.88 Å². The highest BCUT2D eigenvalue weighted by molar-refractivity contribution is 7.12. The van der Waals surface area contributed by atoms with E-state index in [0.717, 1.165) is 16.2 Å². The molecule has 3 rings (SSSR count). The second-order valence-electron chi connectivity index (χ2n) is 3.69. The maximum atomic E-state index is 10.9. The van der Waals surface area contributed by atoms with Crippen molar-refractivity contribution in [3.8, 4) is 0 Å². The molecule has 1 heterocycles. The lowest BCUT2D eigenvalue weighted by Gasteiger charge is -2.00. The van der Waals surface area contributed by atoms with Crippen molar-refractivity contribution in [3.05, 3.63) is 46.7 Å². The quantitative estimate of drug-likeness (QED) is 0.688. The fourth-order valence-electron chi connectivity index (χ4n) is 1.85. The van der Waals surface area contributed by atoms with E-state index in [1.807, 2.05) is 23.6 Å². The molecule has 3 aromatic rings. The van der Waals surface area contributed by atoms with Gasteiger partial charge in [0.05, 0.1) is 0 Å². The summed E-state index contributed by atoms with van der Waals surface area (Å²) < 4.78 is 0. The SMILES string of the molecule is O=C(O)c1cc2cc3cccc3cc2cs1. The number of hydrogen-bond acceptors (Lipinski definition) is 2. The van der Waals surface area contributed by atoms with Gasteiger partial charge in [-0.25, -0.2) is 4.79 Å². The first kappa shape index (κ1) is 9.36. The predicted octanol–water partition coefficient (Wildman–Crippen LogP) is 3.75. The monoisotopic (exact) mass is 228 g/mol. The van der Waals surface area contributed by atoms with Crippen LogP contribution in [-0.4, -0.2) is 11.1 Å². The number of aromatic carboxylic acids is 1. The van der Waals surface area contributed by atoms with Gasteiger partial charge in [-0.3, -0.25) is 0 Å². The van der Waals surface area contributed by atoms with Crippen LogP contribution in [0.25, 0.3) is 21.5 Å². The van der Waals surface area contributed by atoms with E-state index in [-0.39, 0.29) is 0 Å². The Hall–Kier alpha value is -1.87. The van der Waals surface area contributed by atoms with Crippen LogP contribution < -0.4 is 0 Å². The topological polar surface area (TPSA) is 37.3 Å². The van der Waals surface area contributed by atoms with Gasteiger partial charge in [-0.15, -0.1) is 11.3 Å². The Kier molecular flexibility index (Phi) is 1.94. The van der Waals surface area contributed by atoms with Crippen molar-refractivity contribution < 1.29 is 9.90 Å². The van der Waals surface area contributed by atoms with Crippen LogP contribution in [0.3, 0.4) is 0 Å². The molecule has 0 saturated carbocycles. The molecular weight excluding hydrogens is 220 g/mol. The number of rotatable bonds is 1. The molecule has 1 aromatic heterocycles. The zero-order valence-corrected chi connectivity index (χ0v) is 9.12. The summed E-state index contributed by atoms with van der Waals surface area (Å²) in [7, 11) is 0. The molecule has 0 aliphatic carbocycles. The van der Waals surface area contributed by atoms with E-state index in [1.54, 1.807) is 6.07 Å². The summed E-state index contributed by atoms with van der Waals surface area (Å²) in [5, 5.41) is 15.2. The zero-order chi connectivity index (χ0) is 11.1. The number of carboxylic acids is 1. The third kappa shape index (κ3) is 1.37. The Labute approximate surface area is 95.8 Å². The van der Waals surface area contributed by atoms with Gasteiger partial charge < -0.3 is 5.11 Å². The molecule has 0 radical (unpaired) electrons. The van der Waals surface area contributed by atoms with Gasteiger partial charge in [-0.1, -0.05) is 18.2 Å². The van der Waals surface area contributed by atoms with Crippen molar-refractivity contribution in [1.29, 1.82) is 0 Å². The molecule has 3 heteroatoms. The molecule has 1 N–H and O–H groups in total. The normalized spacial score (nSPS) is 11.0. The maximum absolute atomic E-state index is 10.9. The fraction of sp³-hybridized carbons (Fsp3) is 0. The Morgan fingerprint density at radius 1 is 1.00 bits per heavy atom. The first-order chi connectivity index (χ1) is 7.74. The molecular formula is C13H8O2S. The van der Waals surface area contributed by atoms with E-state index in [1.165, 1.54) is 16.7 Å². The number of carbonyl (C=O) groups is 1. The van der Waals surface area contributed by atoms with E-state index < -0.39 is 5.97 Å². The highest BCUT2D eigenvalue weighted by Crippen LogP contribution is 2.26. The predicted molar refractivity (Wildman–Crippen MR) is 66.3 cm³/mol. The standard InChI is InChI=1S/C13H8O2S/c14-13(15)12-6-10-4-8-2-1-3-9(8)5-11(10)7-16-12/h1-7H,(H,14,15). The van der Waals surface area contributed by atoms with Crippen LogP contribution in [-0.2, 0) is 0 Å². The molecule has 2 aromatic carbocycles. The van der Waals surface area contributed by atoms with Crippen LogP contribution in [0, 0.1) is 0 Å². The molecule has 0 aliphatic rings. The largest absolute Gasteiger partial charge is 0.477 e. The second-order valence-corrected chi connectivity index (χ2v) is 4.60. The van der Waals surface area contributed by atoms with Crippen LogP contribution in [0.1, 0.15) is 9.67 Å². The lowest BCUT2D eigenvalue weighted by atomic mass is 10.1. The summed E-state index contributed by atoms with van der Waals surface area (Å²) in [6.45, 7) is 0. The molecule has 0 amide bonds. The lowest BCUT2D eigenvalue weighted by molar-refractivity contribution is 0.0702. The average molecular weight is 228 g/mol. The molecule has 16 heavy (non-hydrogen) atoms. The van der Waals surface area contributed by atoms with Gasteiger partial charge in [-0.2, -0.15) is 0 Å². The number of hydrogen-bond donors (Lipinski definition) is 1. The van der Waals surface area contributed by atoms with Crippen LogP contribution in [0.4, 0.5) is 0 Å². The summed E-state index contributed by atoms with van der Waals surface area (Å²) in [6, 6.07) is 12.0. The molecule has 78 valence electrons. The number of benzene rings is 1. The van der Waals surface area contributed by atoms with Crippen LogP contribution >= 0.6 is 11.3 Å². The van der Waals surface area contributed by atoms with Crippen molar-refractivity contribution in [2.75, 3.05) is 0 Å². The van der Waals surface area contributed by atoms with Crippen molar-refractivity contribution in [1.82, 2.24) is 0 Å².